The van der Waals surface area contributed by atoms with E-state index in [0.717, 1.165) is 17.8 Å². The average Bonchev–Trinajstić information content (AvgIpc) is 3.20. The SMILES string of the molecule is CC(C)Oc1ccccc1N1CC(C(=O)N2c3ccccc3CC2C)CC1=O. The van der Waals surface area contributed by atoms with E-state index in [1.165, 1.54) is 5.56 Å². The van der Waals surface area contributed by atoms with Crippen LogP contribution in [-0.4, -0.2) is 30.5 Å². The number of rotatable bonds is 4. The number of carbonyl (C=O) groups is 2. The van der Waals surface area contributed by atoms with E-state index in [-0.39, 0.29) is 36.3 Å². The van der Waals surface area contributed by atoms with Crippen LogP contribution in [0, 0.1) is 5.92 Å². The number of nitrogens with zero attached hydrogens (tertiary/aromatic N) is 2. The van der Waals surface area contributed by atoms with Crippen LogP contribution in [0.4, 0.5) is 11.4 Å². The number of hydrogen-bond acceptors (Lipinski definition) is 3. The van der Waals surface area contributed by atoms with Gasteiger partial charge in [-0.2, -0.15) is 0 Å². The summed E-state index contributed by atoms with van der Waals surface area (Å²) in [7, 11) is 0. The van der Waals surface area contributed by atoms with E-state index in [2.05, 4.69) is 13.0 Å². The number of benzene rings is 2. The molecule has 0 saturated carbocycles. The van der Waals surface area contributed by atoms with Gasteiger partial charge in [0, 0.05) is 24.7 Å². The first-order valence-electron chi connectivity index (χ1n) is 9.92. The molecule has 2 aromatic carbocycles. The fourth-order valence-corrected chi connectivity index (χ4v) is 4.24. The smallest absolute Gasteiger partial charge is 0.232 e. The molecular formula is C23H26N2O3. The van der Waals surface area contributed by atoms with Crippen molar-refractivity contribution in [3.05, 3.63) is 54.1 Å². The summed E-state index contributed by atoms with van der Waals surface area (Å²) >= 11 is 0. The molecule has 2 amide bonds. The second kappa shape index (κ2) is 7.30. The molecule has 2 heterocycles. The maximum Gasteiger partial charge on any atom is 0.232 e. The zero-order chi connectivity index (χ0) is 19.8. The fourth-order valence-electron chi connectivity index (χ4n) is 4.24. The third kappa shape index (κ3) is 3.26. The van der Waals surface area contributed by atoms with Crippen LogP contribution in [0.3, 0.4) is 0 Å². The topological polar surface area (TPSA) is 49.9 Å². The van der Waals surface area contributed by atoms with E-state index in [9.17, 15) is 9.59 Å². The molecule has 0 spiro atoms. The third-order valence-corrected chi connectivity index (χ3v) is 5.44. The molecule has 1 fully saturated rings. The van der Waals surface area contributed by atoms with Crippen LogP contribution < -0.4 is 14.5 Å². The Bertz CT molecular complexity index is 908. The lowest BCUT2D eigenvalue weighted by molar-refractivity contribution is -0.124. The van der Waals surface area contributed by atoms with Crippen LogP contribution in [0.2, 0.25) is 0 Å². The van der Waals surface area contributed by atoms with Crippen molar-refractivity contribution in [1.82, 2.24) is 0 Å². The van der Waals surface area contributed by atoms with Crippen molar-refractivity contribution in [3.8, 4) is 5.75 Å². The minimum atomic E-state index is -0.340. The summed E-state index contributed by atoms with van der Waals surface area (Å²) in [5.74, 6) is 0.348. The van der Waals surface area contributed by atoms with Crippen molar-refractivity contribution >= 4 is 23.2 Å². The highest BCUT2D eigenvalue weighted by molar-refractivity contribution is 6.06. The van der Waals surface area contributed by atoms with Crippen LogP contribution in [0.25, 0.3) is 0 Å². The van der Waals surface area contributed by atoms with Crippen molar-refractivity contribution in [2.75, 3.05) is 16.3 Å². The van der Waals surface area contributed by atoms with Gasteiger partial charge in [-0.25, -0.2) is 0 Å². The highest BCUT2D eigenvalue weighted by atomic mass is 16.5. The van der Waals surface area contributed by atoms with Gasteiger partial charge >= 0.3 is 0 Å². The van der Waals surface area contributed by atoms with Gasteiger partial charge in [-0.15, -0.1) is 0 Å². The molecule has 4 rings (SSSR count). The van der Waals surface area contributed by atoms with Crippen molar-refractivity contribution < 1.29 is 14.3 Å². The minimum absolute atomic E-state index is 0.0123. The predicted octanol–water partition coefficient (Wildman–Crippen LogP) is 3.80. The van der Waals surface area contributed by atoms with Gasteiger partial charge in [0.2, 0.25) is 11.8 Å². The number of carbonyl (C=O) groups excluding carboxylic acids is 2. The highest BCUT2D eigenvalue weighted by Crippen LogP contribution is 2.37. The van der Waals surface area contributed by atoms with Gasteiger partial charge in [0.05, 0.1) is 17.7 Å². The molecular weight excluding hydrogens is 352 g/mol. The lowest BCUT2D eigenvalue weighted by atomic mass is 10.1. The minimum Gasteiger partial charge on any atom is -0.489 e. The van der Waals surface area contributed by atoms with Crippen LogP contribution in [-0.2, 0) is 16.0 Å². The molecule has 0 N–H and O–H groups in total. The second-order valence-corrected chi connectivity index (χ2v) is 7.93. The van der Waals surface area contributed by atoms with Gasteiger partial charge in [-0.3, -0.25) is 9.59 Å². The maximum atomic E-state index is 13.3. The van der Waals surface area contributed by atoms with Crippen LogP contribution in [0.15, 0.2) is 48.5 Å². The largest absolute Gasteiger partial charge is 0.489 e. The molecule has 28 heavy (non-hydrogen) atoms. The number of hydrogen-bond donors (Lipinski definition) is 0. The molecule has 0 aliphatic carbocycles. The second-order valence-electron chi connectivity index (χ2n) is 7.93. The quantitative estimate of drug-likeness (QED) is 0.813. The summed E-state index contributed by atoms with van der Waals surface area (Å²) in [4.78, 5) is 29.7. The molecule has 0 radical (unpaired) electrons. The Hall–Kier alpha value is -2.82. The van der Waals surface area contributed by atoms with Crippen molar-refractivity contribution in [3.63, 3.8) is 0 Å². The molecule has 2 aliphatic rings. The van der Waals surface area contributed by atoms with Crippen molar-refractivity contribution in [2.45, 2.75) is 45.8 Å². The van der Waals surface area contributed by atoms with E-state index >= 15 is 0 Å². The summed E-state index contributed by atoms with van der Waals surface area (Å²) in [6, 6.07) is 15.7. The number of ether oxygens (including phenoxy) is 1. The van der Waals surface area contributed by atoms with Crippen molar-refractivity contribution in [2.24, 2.45) is 5.92 Å². The Morgan fingerprint density at radius 3 is 2.46 bits per heavy atom. The Morgan fingerprint density at radius 1 is 1.04 bits per heavy atom. The summed E-state index contributed by atoms with van der Waals surface area (Å²) in [6.45, 7) is 6.38. The lowest BCUT2D eigenvalue weighted by Crippen LogP contribution is -2.41. The summed E-state index contributed by atoms with van der Waals surface area (Å²) in [6.07, 6.45) is 1.11. The van der Waals surface area contributed by atoms with Gasteiger partial charge in [0.15, 0.2) is 0 Å². The number of amides is 2. The van der Waals surface area contributed by atoms with Gasteiger partial charge < -0.3 is 14.5 Å². The third-order valence-electron chi connectivity index (χ3n) is 5.44. The first-order chi connectivity index (χ1) is 13.5. The molecule has 5 nitrogen and oxygen atoms in total. The molecule has 2 aromatic rings. The standard InChI is InChI=1S/C23H26N2O3/c1-15(2)28-21-11-7-6-10-20(21)24-14-18(13-22(24)26)23(27)25-16(3)12-17-8-4-5-9-19(17)25/h4-11,15-16,18H,12-14H2,1-3H3. The van der Waals surface area contributed by atoms with Crippen molar-refractivity contribution in [1.29, 1.82) is 0 Å². The molecule has 1 saturated heterocycles. The van der Waals surface area contributed by atoms with E-state index < -0.39 is 0 Å². The van der Waals surface area contributed by atoms with Gasteiger partial charge in [-0.05, 0) is 51.0 Å². The van der Waals surface area contributed by atoms with Gasteiger partial charge in [0.25, 0.3) is 0 Å². The van der Waals surface area contributed by atoms with Gasteiger partial charge in [-0.1, -0.05) is 30.3 Å². The normalized spacial score (nSPS) is 21.4. The Labute approximate surface area is 165 Å². The average molecular weight is 378 g/mol. The Kier molecular flexibility index (Phi) is 4.84. The molecule has 2 aliphatic heterocycles. The highest BCUT2D eigenvalue weighted by Gasteiger charge is 2.41. The van der Waals surface area contributed by atoms with E-state index in [1.807, 2.05) is 61.2 Å². The number of anilines is 2. The fraction of sp³-hybridized carbons (Fsp3) is 0.391. The summed E-state index contributed by atoms with van der Waals surface area (Å²) < 4.78 is 5.88. The van der Waals surface area contributed by atoms with E-state index in [4.69, 9.17) is 4.74 Å². The maximum absolute atomic E-state index is 13.3. The molecule has 2 atom stereocenters. The summed E-state index contributed by atoms with van der Waals surface area (Å²) in [5, 5.41) is 0. The summed E-state index contributed by atoms with van der Waals surface area (Å²) in [5.41, 5.74) is 2.92. The molecule has 5 heteroatoms. The van der Waals surface area contributed by atoms with E-state index in [0.29, 0.717) is 12.3 Å². The zero-order valence-electron chi connectivity index (χ0n) is 16.6. The van der Waals surface area contributed by atoms with Crippen LogP contribution in [0.1, 0.15) is 32.8 Å². The van der Waals surface area contributed by atoms with E-state index in [1.54, 1.807) is 4.90 Å². The Balaban J connectivity index is 1.57. The Morgan fingerprint density at radius 2 is 1.71 bits per heavy atom. The molecule has 0 aromatic heterocycles. The monoisotopic (exact) mass is 378 g/mol. The van der Waals surface area contributed by atoms with Crippen LogP contribution >= 0.6 is 0 Å². The first kappa shape index (κ1) is 18.5. The predicted molar refractivity (Wildman–Crippen MR) is 110 cm³/mol. The molecule has 0 bridgehead atoms. The van der Waals surface area contributed by atoms with Gasteiger partial charge in [0.1, 0.15) is 5.75 Å². The molecule has 2 unspecified atom stereocenters. The number of para-hydroxylation sites is 3. The first-order valence-corrected chi connectivity index (χ1v) is 9.92. The zero-order valence-corrected chi connectivity index (χ0v) is 16.6. The number of fused-ring (bicyclic) bond motifs is 1. The lowest BCUT2D eigenvalue weighted by Gasteiger charge is -2.26. The van der Waals surface area contributed by atoms with Crippen LogP contribution in [0.5, 0.6) is 5.75 Å². The molecule has 146 valence electrons.